The van der Waals surface area contributed by atoms with E-state index in [0.29, 0.717) is 12.8 Å². The van der Waals surface area contributed by atoms with E-state index in [9.17, 15) is 33.9 Å². The van der Waals surface area contributed by atoms with Gasteiger partial charge in [0, 0.05) is 19.4 Å². The Balaban J connectivity index is 2.88. The topological polar surface area (TPSA) is 222 Å². The Bertz CT molecular complexity index is 772. The summed E-state index contributed by atoms with van der Waals surface area (Å²) in [6.45, 7) is 3.63. The van der Waals surface area contributed by atoms with Crippen LogP contribution in [0.25, 0.3) is 0 Å². The lowest BCUT2D eigenvalue weighted by molar-refractivity contribution is -0.145. The predicted octanol–water partition coefficient (Wildman–Crippen LogP) is -1.85. The zero-order valence-electron chi connectivity index (χ0n) is 18.8. The van der Waals surface area contributed by atoms with E-state index in [0.717, 1.165) is 0 Å². The average molecular weight is 472 g/mol. The largest absolute Gasteiger partial charge is 0.481 e. The maximum Gasteiger partial charge on any atom is 0.326 e. The molecule has 1 fully saturated rings. The monoisotopic (exact) mass is 471 g/mol. The highest BCUT2D eigenvalue weighted by Crippen LogP contribution is 2.21. The molecule has 0 saturated carbocycles. The van der Waals surface area contributed by atoms with Crippen LogP contribution in [0.3, 0.4) is 0 Å². The molecule has 0 spiro atoms. The van der Waals surface area contributed by atoms with Crippen LogP contribution in [0.5, 0.6) is 0 Å². The molecule has 0 aromatic rings. The summed E-state index contributed by atoms with van der Waals surface area (Å²) in [5.41, 5.74) is 10.8. The molecular weight excluding hydrogens is 438 g/mol. The third kappa shape index (κ3) is 8.67. The van der Waals surface area contributed by atoms with Crippen LogP contribution in [0.2, 0.25) is 0 Å². The number of primary amides is 1. The fraction of sp³-hybridized carbons (Fsp3) is 0.700. The first kappa shape index (κ1) is 27.8. The van der Waals surface area contributed by atoms with E-state index in [1.54, 1.807) is 13.8 Å². The van der Waals surface area contributed by atoms with Crippen molar-refractivity contribution in [2.24, 2.45) is 17.4 Å². The van der Waals surface area contributed by atoms with Gasteiger partial charge in [-0.25, -0.2) is 4.79 Å². The molecule has 1 heterocycles. The number of carboxylic acids is 2. The van der Waals surface area contributed by atoms with Gasteiger partial charge in [0.25, 0.3) is 0 Å². The summed E-state index contributed by atoms with van der Waals surface area (Å²) >= 11 is 0. The number of hydrogen-bond donors (Lipinski definition) is 6. The number of carboxylic acid groups (broad SMARTS) is 2. The van der Waals surface area contributed by atoms with Crippen LogP contribution in [-0.4, -0.2) is 81.4 Å². The van der Waals surface area contributed by atoms with Crippen molar-refractivity contribution in [3.8, 4) is 0 Å². The highest BCUT2D eigenvalue weighted by atomic mass is 16.4. The number of nitrogens with zero attached hydrogens (tertiary/aromatic N) is 1. The molecule has 4 atom stereocenters. The Morgan fingerprint density at radius 2 is 1.67 bits per heavy atom. The van der Waals surface area contributed by atoms with Gasteiger partial charge >= 0.3 is 11.9 Å². The minimum atomic E-state index is -1.34. The van der Waals surface area contributed by atoms with E-state index in [1.807, 2.05) is 0 Å². The van der Waals surface area contributed by atoms with Crippen LogP contribution in [-0.2, 0) is 28.8 Å². The standard InChI is InChI=1S/C20H33N5O8/c1-10(2)16(24-17(29)11(21)5-8-15(27)28)19(31)25-9-3-4-13(25)18(30)23-12(20(32)33)6-7-14(22)26/h10-13,16H,3-9,21H2,1-2H3,(H2,22,26)(H,23,30)(H,24,29)(H,27,28)(H,32,33). The highest BCUT2D eigenvalue weighted by Gasteiger charge is 2.40. The van der Waals surface area contributed by atoms with Crippen LogP contribution in [0.4, 0.5) is 0 Å². The van der Waals surface area contributed by atoms with Crippen LogP contribution >= 0.6 is 0 Å². The lowest BCUT2D eigenvalue weighted by Gasteiger charge is -2.31. The Labute approximate surface area is 191 Å². The van der Waals surface area contributed by atoms with Crippen molar-refractivity contribution < 1.29 is 39.0 Å². The first-order valence-corrected chi connectivity index (χ1v) is 10.7. The summed E-state index contributed by atoms with van der Waals surface area (Å²) in [6, 6.07) is -4.40. The number of hydrogen-bond acceptors (Lipinski definition) is 7. The van der Waals surface area contributed by atoms with Crippen LogP contribution < -0.4 is 22.1 Å². The predicted molar refractivity (Wildman–Crippen MR) is 114 cm³/mol. The molecule has 0 bridgehead atoms. The van der Waals surface area contributed by atoms with E-state index in [4.69, 9.17) is 16.6 Å². The average Bonchev–Trinajstić information content (AvgIpc) is 3.21. The third-order valence-corrected chi connectivity index (χ3v) is 5.37. The van der Waals surface area contributed by atoms with Crippen molar-refractivity contribution in [1.29, 1.82) is 0 Å². The Morgan fingerprint density at radius 1 is 1.03 bits per heavy atom. The van der Waals surface area contributed by atoms with Gasteiger partial charge < -0.3 is 37.2 Å². The van der Waals surface area contributed by atoms with Crippen LogP contribution in [0.1, 0.15) is 52.4 Å². The zero-order chi connectivity index (χ0) is 25.3. The van der Waals surface area contributed by atoms with Crippen molar-refractivity contribution in [3.63, 3.8) is 0 Å². The van der Waals surface area contributed by atoms with Crippen molar-refractivity contribution in [1.82, 2.24) is 15.5 Å². The van der Waals surface area contributed by atoms with E-state index < -0.39 is 59.7 Å². The van der Waals surface area contributed by atoms with Gasteiger partial charge in [-0.15, -0.1) is 0 Å². The molecule has 0 aliphatic carbocycles. The van der Waals surface area contributed by atoms with E-state index in [1.165, 1.54) is 4.90 Å². The molecule has 8 N–H and O–H groups in total. The molecule has 1 aliphatic rings. The number of carbonyl (C=O) groups excluding carboxylic acids is 4. The normalized spacial score (nSPS) is 18.3. The minimum Gasteiger partial charge on any atom is -0.481 e. The number of rotatable bonds is 13. The second-order valence-corrected chi connectivity index (χ2v) is 8.36. The van der Waals surface area contributed by atoms with Gasteiger partial charge in [0.05, 0.1) is 6.04 Å². The number of amides is 4. The van der Waals surface area contributed by atoms with Crippen LogP contribution in [0.15, 0.2) is 0 Å². The second-order valence-electron chi connectivity index (χ2n) is 8.36. The SMILES string of the molecule is CC(C)C(NC(=O)C(N)CCC(=O)O)C(=O)N1CCCC1C(=O)NC(CCC(N)=O)C(=O)O. The Morgan fingerprint density at radius 3 is 2.18 bits per heavy atom. The molecule has 4 unspecified atom stereocenters. The summed E-state index contributed by atoms with van der Waals surface area (Å²) in [6.07, 6.45) is -0.0129. The molecule has 1 aliphatic heterocycles. The van der Waals surface area contributed by atoms with E-state index in [-0.39, 0.29) is 38.1 Å². The molecule has 0 aromatic heterocycles. The fourth-order valence-corrected chi connectivity index (χ4v) is 3.48. The second kappa shape index (κ2) is 12.7. The highest BCUT2D eigenvalue weighted by molar-refractivity contribution is 5.94. The molecule has 0 aromatic carbocycles. The first-order valence-electron chi connectivity index (χ1n) is 10.7. The molecule has 0 radical (unpaired) electrons. The van der Waals surface area contributed by atoms with Gasteiger partial charge in [0.1, 0.15) is 18.1 Å². The van der Waals surface area contributed by atoms with Crippen molar-refractivity contribution in [2.45, 2.75) is 76.5 Å². The summed E-state index contributed by atoms with van der Waals surface area (Å²) < 4.78 is 0. The maximum atomic E-state index is 13.2. The summed E-state index contributed by atoms with van der Waals surface area (Å²) in [4.78, 5) is 72.6. The quantitative estimate of drug-likeness (QED) is 0.177. The number of aliphatic carboxylic acids is 2. The van der Waals surface area contributed by atoms with Gasteiger partial charge in [-0.1, -0.05) is 13.8 Å². The van der Waals surface area contributed by atoms with Gasteiger partial charge in [0.2, 0.25) is 23.6 Å². The number of nitrogens with two attached hydrogens (primary N) is 2. The Hall–Kier alpha value is -3.22. The molecule has 1 rings (SSSR count). The maximum absolute atomic E-state index is 13.2. The van der Waals surface area contributed by atoms with E-state index >= 15 is 0 Å². The van der Waals surface area contributed by atoms with Gasteiger partial charge in [0.15, 0.2) is 0 Å². The fourth-order valence-electron chi connectivity index (χ4n) is 3.48. The summed E-state index contributed by atoms with van der Waals surface area (Å²) in [5.74, 6) is -5.37. The summed E-state index contributed by atoms with van der Waals surface area (Å²) in [7, 11) is 0. The number of likely N-dealkylation sites (tertiary alicyclic amines) is 1. The first-order chi connectivity index (χ1) is 15.3. The van der Waals surface area contributed by atoms with Crippen molar-refractivity contribution in [2.75, 3.05) is 6.54 Å². The molecule has 13 nitrogen and oxygen atoms in total. The smallest absolute Gasteiger partial charge is 0.326 e. The molecule has 33 heavy (non-hydrogen) atoms. The molecule has 4 amide bonds. The van der Waals surface area contributed by atoms with Crippen LogP contribution in [0, 0.1) is 5.92 Å². The molecule has 1 saturated heterocycles. The van der Waals surface area contributed by atoms with Crippen molar-refractivity contribution in [3.05, 3.63) is 0 Å². The third-order valence-electron chi connectivity index (χ3n) is 5.37. The summed E-state index contributed by atoms with van der Waals surface area (Å²) in [5, 5.41) is 22.9. The number of carbonyl (C=O) groups is 6. The van der Waals surface area contributed by atoms with Gasteiger partial charge in [-0.3, -0.25) is 24.0 Å². The van der Waals surface area contributed by atoms with Gasteiger partial charge in [-0.05, 0) is 31.6 Å². The molecular formula is C20H33N5O8. The Kier molecular flexibility index (Phi) is 10.7. The lowest BCUT2D eigenvalue weighted by Crippen LogP contribution is -2.58. The lowest BCUT2D eigenvalue weighted by atomic mass is 10.0. The van der Waals surface area contributed by atoms with E-state index in [2.05, 4.69) is 10.6 Å². The molecule has 186 valence electrons. The minimum absolute atomic E-state index is 0.100. The number of nitrogens with one attached hydrogen (secondary N) is 2. The molecule has 13 heteroatoms. The van der Waals surface area contributed by atoms with Crippen molar-refractivity contribution >= 4 is 35.6 Å². The van der Waals surface area contributed by atoms with Gasteiger partial charge in [-0.2, -0.15) is 0 Å². The zero-order valence-corrected chi connectivity index (χ0v) is 18.8.